The van der Waals surface area contributed by atoms with Gasteiger partial charge in [-0.1, -0.05) is 53.9 Å². The Labute approximate surface area is 96.8 Å². The van der Waals surface area contributed by atoms with Crippen LogP contribution in [0.1, 0.15) is 23.2 Å². The Balaban J connectivity index is 1.80. The molecule has 78 valence electrons. The number of Topliss-reactive ketones (excluding diaryl/α,β-unsaturated/α-hetero) is 1. The van der Waals surface area contributed by atoms with Crippen LogP contribution in [0.15, 0.2) is 30.3 Å². The zero-order valence-electron chi connectivity index (χ0n) is 8.01. The summed E-state index contributed by atoms with van der Waals surface area (Å²) in [5, 5.41) is 0. The van der Waals surface area contributed by atoms with Crippen molar-refractivity contribution in [3.8, 4) is 0 Å². The highest BCUT2D eigenvalue weighted by atomic mass is 32.3. The molecule has 0 amide bonds. The van der Waals surface area contributed by atoms with Gasteiger partial charge in [0.25, 0.3) is 0 Å². The molecule has 0 aliphatic carbocycles. The van der Waals surface area contributed by atoms with E-state index in [2.05, 4.69) is 0 Å². The van der Waals surface area contributed by atoms with Crippen molar-refractivity contribution in [2.45, 2.75) is 17.4 Å². The maximum absolute atomic E-state index is 11.7. The lowest BCUT2D eigenvalue weighted by Crippen LogP contribution is -2.13. The maximum Gasteiger partial charge on any atom is 0.248 e. The van der Waals surface area contributed by atoms with E-state index in [1.807, 2.05) is 30.3 Å². The molecule has 1 aliphatic heterocycles. The van der Waals surface area contributed by atoms with Crippen LogP contribution in [0.25, 0.3) is 0 Å². The van der Waals surface area contributed by atoms with Crippen LogP contribution in [0.5, 0.6) is 0 Å². The van der Waals surface area contributed by atoms with Crippen LogP contribution < -0.4 is 0 Å². The van der Waals surface area contributed by atoms with Gasteiger partial charge >= 0.3 is 0 Å². The first-order valence-electron chi connectivity index (χ1n) is 4.71. The number of carbonyl (C=O) groups is 2. The molecular formula is C11H10O2S2. The molecule has 0 radical (unpaired) electrons. The topological polar surface area (TPSA) is 34.1 Å². The molecular weight excluding hydrogens is 228 g/mol. The molecule has 0 atom stereocenters. The normalized spacial score (nSPS) is 16.1. The van der Waals surface area contributed by atoms with Gasteiger partial charge in [-0.15, -0.1) is 0 Å². The minimum Gasteiger partial charge on any atom is -0.294 e. The van der Waals surface area contributed by atoms with E-state index in [4.69, 9.17) is 0 Å². The molecule has 1 saturated heterocycles. The molecule has 4 heteroatoms. The van der Waals surface area contributed by atoms with Crippen LogP contribution in [-0.4, -0.2) is 14.8 Å². The molecule has 15 heavy (non-hydrogen) atoms. The van der Waals surface area contributed by atoms with Gasteiger partial charge in [-0.3, -0.25) is 9.59 Å². The molecule has 0 N–H and O–H groups in total. The van der Waals surface area contributed by atoms with Crippen molar-refractivity contribution in [2.75, 3.05) is 0 Å². The zero-order valence-corrected chi connectivity index (χ0v) is 9.64. The van der Waals surface area contributed by atoms with Gasteiger partial charge in [-0.2, -0.15) is 0 Å². The van der Waals surface area contributed by atoms with Crippen LogP contribution in [0.2, 0.25) is 0 Å². The Morgan fingerprint density at radius 3 is 2.47 bits per heavy atom. The summed E-state index contributed by atoms with van der Waals surface area (Å²) in [4.78, 5) is 22.3. The number of ketones is 1. The van der Waals surface area contributed by atoms with Crippen molar-refractivity contribution in [1.82, 2.24) is 0 Å². The quantitative estimate of drug-likeness (QED) is 0.751. The molecule has 1 aromatic carbocycles. The third-order valence-corrected chi connectivity index (χ3v) is 4.69. The second-order valence-corrected chi connectivity index (χ2v) is 6.15. The van der Waals surface area contributed by atoms with Gasteiger partial charge in [0, 0.05) is 12.0 Å². The monoisotopic (exact) mass is 238 g/mol. The van der Waals surface area contributed by atoms with Crippen LogP contribution >= 0.6 is 23.5 Å². The Hall–Kier alpha value is -0.740. The van der Waals surface area contributed by atoms with E-state index < -0.39 is 0 Å². The number of thioether (sulfide) groups is 2. The number of hydrogen-bond donors (Lipinski definition) is 0. The lowest BCUT2D eigenvalue weighted by Gasteiger charge is -2.21. The van der Waals surface area contributed by atoms with Gasteiger partial charge < -0.3 is 0 Å². The molecule has 1 fully saturated rings. The summed E-state index contributed by atoms with van der Waals surface area (Å²) < 4.78 is 0.470. The van der Waals surface area contributed by atoms with Gasteiger partial charge in [0.1, 0.15) is 0 Å². The number of carbonyl (C=O) groups excluding carboxylic acids is 2. The van der Waals surface area contributed by atoms with E-state index in [0.717, 1.165) is 12.0 Å². The van der Waals surface area contributed by atoms with Crippen molar-refractivity contribution < 1.29 is 9.59 Å². The molecule has 1 aliphatic rings. The van der Waals surface area contributed by atoms with Crippen LogP contribution in [0.3, 0.4) is 0 Å². The summed E-state index contributed by atoms with van der Waals surface area (Å²) in [6, 6.07) is 9.28. The fourth-order valence-corrected chi connectivity index (χ4v) is 3.21. The smallest absolute Gasteiger partial charge is 0.248 e. The van der Waals surface area contributed by atoms with Crippen molar-refractivity contribution >= 4 is 33.8 Å². The zero-order chi connectivity index (χ0) is 10.7. The predicted octanol–water partition coefficient (Wildman–Crippen LogP) is 3.58. The third-order valence-electron chi connectivity index (χ3n) is 2.16. The Morgan fingerprint density at radius 1 is 1.20 bits per heavy atom. The van der Waals surface area contributed by atoms with E-state index in [1.165, 1.54) is 23.5 Å². The first-order valence-corrected chi connectivity index (χ1v) is 6.47. The van der Waals surface area contributed by atoms with Gasteiger partial charge in [0.15, 0.2) is 5.78 Å². The average Bonchev–Trinajstić information content (AvgIpc) is 2.23. The molecule has 0 aromatic heterocycles. The second-order valence-electron chi connectivity index (χ2n) is 3.24. The van der Waals surface area contributed by atoms with Gasteiger partial charge in [0.05, 0.1) is 4.58 Å². The fraction of sp³-hybridized carbons (Fsp3) is 0.273. The maximum atomic E-state index is 11.7. The number of rotatable bonds is 4. The highest BCUT2D eigenvalue weighted by Crippen LogP contribution is 2.44. The lowest BCUT2D eigenvalue weighted by atomic mass is 10.1. The molecule has 0 saturated carbocycles. The summed E-state index contributed by atoms with van der Waals surface area (Å²) in [5.41, 5.74) is 0.762. The lowest BCUT2D eigenvalue weighted by molar-refractivity contribution is 0.0981. The van der Waals surface area contributed by atoms with Crippen LogP contribution in [-0.2, 0) is 0 Å². The number of hydrogen-bond acceptors (Lipinski definition) is 4. The van der Waals surface area contributed by atoms with Crippen LogP contribution in [0, 0.1) is 0 Å². The van der Waals surface area contributed by atoms with Crippen molar-refractivity contribution in [3.05, 3.63) is 35.9 Å². The molecule has 1 heterocycles. The molecule has 0 bridgehead atoms. The SMILES string of the molecule is O=C1SC(CCC(=O)c2ccccc2)S1. The summed E-state index contributed by atoms with van der Waals surface area (Å²) in [5.74, 6) is 0.163. The van der Waals surface area contributed by atoms with Crippen LogP contribution in [0.4, 0.5) is 4.79 Å². The molecule has 0 unspecified atom stereocenters. The molecule has 1 aromatic rings. The van der Waals surface area contributed by atoms with Gasteiger partial charge in [0.2, 0.25) is 4.45 Å². The van der Waals surface area contributed by atoms with Crippen molar-refractivity contribution in [3.63, 3.8) is 0 Å². The Kier molecular flexibility index (Phi) is 3.49. The van der Waals surface area contributed by atoms with E-state index >= 15 is 0 Å². The standard InChI is InChI=1S/C11H10O2S2/c12-9(8-4-2-1-3-5-8)6-7-10-14-11(13)15-10/h1-5,10H,6-7H2. The van der Waals surface area contributed by atoms with Gasteiger partial charge in [-0.05, 0) is 6.42 Å². The van der Waals surface area contributed by atoms with E-state index in [1.54, 1.807) is 0 Å². The first kappa shape index (κ1) is 10.8. The highest BCUT2D eigenvalue weighted by molar-refractivity contribution is 8.53. The van der Waals surface area contributed by atoms with E-state index in [-0.39, 0.29) is 10.2 Å². The average molecular weight is 238 g/mol. The highest BCUT2D eigenvalue weighted by Gasteiger charge is 2.28. The Morgan fingerprint density at radius 2 is 1.87 bits per heavy atom. The van der Waals surface area contributed by atoms with E-state index in [9.17, 15) is 9.59 Å². The minimum absolute atomic E-state index is 0.163. The predicted molar refractivity (Wildman–Crippen MR) is 64.4 cm³/mol. The third kappa shape index (κ3) is 2.86. The van der Waals surface area contributed by atoms with Gasteiger partial charge in [-0.25, -0.2) is 0 Å². The first-order chi connectivity index (χ1) is 7.25. The fourth-order valence-electron chi connectivity index (χ4n) is 1.36. The molecule has 2 rings (SSSR count). The number of benzene rings is 1. The summed E-state index contributed by atoms with van der Waals surface area (Å²) >= 11 is 2.68. The van der Waals surface area contributed by atoms with E-state index in [0.29, 0.717) is 11.0 Å². The van der Waals surface area contributed by atoms with Crippen molar-refractivity contribution in [1.29, 1.82) is 0 Å². The second kappa shape index (κ2) is 4.86. The largest absolute Gasteiger partial charge is 0.294 e. The minimum atomic E-state index is 0.163. The summed E-state index contributed by atoms with van der Waals surface area (Å²) in [6.07, 6.45) is 1.32. The molecule has 2 nitrogen and oxygen atoms in total. The Bertz CT molecular complexity index is 367. The molecule has 0 spiro atoms. The summed E-state index contributed by atoms with van der Waals surface area (Å²) in [7, 11) is 0. The summed E-state index contributed by atoms with van der Waals surface area (Å²) in [6.45, 7) is 0. The van der Waals surface area contributed by atoms with Crippen molar-refractivity contribution in [2.24, 2.45) is 0 Å².